The van der Waals surface area contributed by atoms with Gasteiger partial charge in [-0.3, -0.25) is 24.0 Å². The molecule has 0 aromatic rings. The lowest BCUT2D eigenvalue weighted by atomic mass is 9.70. The van der Waals surface area contributed by atoms with E-state index in [1.807, 2.05) is 27.7 Å². The number of ketones is 1. The van der Waals surface area contributed by atoms with Gasteiger partial charge in [-0.25, -0.2) is 8.42 Å². The fraction of sp³-hybridized carbons (Fsp3) is 0.757. The topological polar surface area (TPSA) is 171 Å². The number of likely N-dealkylation sites (tertiary alicyclic amines) is 1. The molecule has 2 heterocycles. The minimum absolute atomic E-state index is 0.0416. The van der Waals surface area contributed by atoms with Gasteiger partial charge in [-0.05, 0) is 59.7 Å². The van der Waals surface area contributed by atoms with Gasteiger partial charge in [0.25, 0.3) is 5.91 Å². The number of Topliss-reactive ketones (excluding diaryl/α,β-unsaturated/α-hetero) is 1. The molecular formula is C37H57N5O7S2. The Morgan fingerprint density at radius 3 is 2.29 bits per heavy atom. The predicted molar refractivity (Wildman–Crippen MR) is 197 cm³/mol. The fourth-order valence-electron chi connectivity index (χ4n) is 8.40. The van der Waals surface area contributed by atoms with E-state index in [0.29, 0.717) is 38.0 Å². The molecule has 3 aliphatic carbocycles. The molecule has 4 N–H and O–H groups in total. The number of nitrogens with zero attached hydrogens (tertiary/aromatic N) is 1. The van der Waals surface area contributed by atoms with Crippen LogP contribution in [0.5, 0.6) is 0 Å². The third kappa shape index (κ3) is 8.59. The summed E-state index contributed by atoms with van der Waals surface area (Å²) < 4.78 is 30.0. The lowest BCUT2D eigenvalue weighted by Gasteiger charge is -2.42. The molecule has 4 amide bonds. The lowest BCUT2D eigenvalue weighted by molar-refractivity contribution is -0.147. The van der Waals surface area contributed by atoms with Crippen molar-refractivity contribution < 1.29 is 32.4 Å². The number of hydrogen-bond donors (Lipinski definition) is 4. The minimum Gasteiger partial charge on any atom is -0.346 e. The Labute approximate surface area is 307 Å². The molecule has 0 aromatic carbocycles. The predicted octanol–water partition coefficient (Wildman–Crippen LogP) is 3.39. The number of rotatable bonds is 15. The number of carbonyl (C=O) groups is 5. The zero-order chi connectivity index (χ0) is 37.5. The summed E-state index contributed by atoms with van der Waals surface area (Å²) >= 11 is 1.25. The Balaban J connectivity index is 1.39. The molecule has 6 atom stereocenters. The average Bonchev–Trinajstić information content (AvgIpc) is 3.74. The van der Waals surface area contributed by atoms with Gasteiger partial charge in [-0.1, -0.05) is 85.8 Å². The van der Waals surface area contributed by atoms with Crippen molar-refractivity contribution in [3.8, 4) is 0 Å². The van der Waals surface area contributed by atoms with Gasteiger partial charge in [0.1, 0.15) is 22.4 Å². The molecule has 0 radical (unpaired) electrons. The van der Waals surface area contributed by atoms with Gasteiger partial charge in [0, 0.05) is 18.8 Å². The van der Waals surface area contributed by atoms with Gasteiger partial charge in [0.15, 0.2) is 0 Å². The molecule has 51 heavy (non-hydrogen) atoms. The SMILES string of the molecule is C=CCNC(=O)C(=O)C(CC1CC1)NC(=O)[C@@H]1[C@@H]2[C@H](CN1C(=O)[C@@H](NC(=O)[C@@H](NS(=O)(=O)C1=CCCS1)C1(C)CCCCC1)C(C)(C)C)C2(C)C. The molecule has 3 saturated carbocycles. The van der Waals surface area contributed by atoms with E-state index < -0.39 is 74.4 Å². The average molecular weight is 748 g/mol. The second-order valence-corrected chi connectivity index (χ2v) is 20.3. The van der Waals surface area contributed by atoms with Crippen LogP contribution in [0, 0.1) is 34.0 Å². The Kier molecular flexibility index (Phi) is 11.6. The van der Waals surface area contributed by atoms with Crippen LogP contribution >= 0.6 is 11.8 Å². The van der Waals surface area contributed by atoms with Crippen molar-refractivity contribution in [1.82, 2.24) is 25.6 Å². The van der Waals surface area contributed by atoms with Crippen molar-refractivity contribution >= 4 is 51.2 Å². The summed E-state index contributed by atoms with van der Waals surface area (Å²) in [5, 5.41) is 8.35. The van der Waals surface area contributed by atoms with E-state index in [1.54, 1.807) is 6.08 Å². The van der Waals surface area contributed by atoms with Crippen LogP contribution in [0.4, 0.5) is 0 Å². The van der Waals surface area contributed by atoms with Gasteiger partial charge in [-0.2, -0.15) is 4.72 Å². The summed E-state index contributed by atoms with van der Waals surface area (Å²) in [5.74, 6) is -2.23. The number of amides is 4. The van der Waals surface area contributed by atoms with Gasteiger partial charge < -0.3 is 20.9 Å². The van der Waals surface area contributed by atoms with Crippen LogP contribution in [0.1, 0.15) is 99.3 Å². The number of nitrogens with one attached hydrogen (secondary N) is 4. The molecule has 1 saturated heterocycles. The Morgan fingerprint density at radius 2 is 1.73 bits per heavy atom. The smallest absolute Gasteiger partial charge is 0.289 e. The van der Waals surface area contributed by atoms with Crippen molar-refractivity contribution in [2.24, 2.45) is 34.0 Å². The first kappa shape index (κ1) is 39.5. The van der Waals surface area contributed by atoms with E-state index in [9.17, 15) is 32.4 Å². The van der Waals surface area contributed by atoms with Crippen LogP contribution in [0.3, 0.4) is 0 Å². The van der Waals surface area contributed by atoms with Crippen molar-refractivity contribution in [3.63, 3.8) is 0 Å². The molecule has 2 aliphatic heterocycles. The first-order valence-electron chi connectivity index (χ1n) is 18.5. The van der Waals surface area contributed by atoms with Gasteiger partial charge in [0.2, 0.25) is 33.5 Å². The summed E-state index contributed by atoms with van der Waals surface area (Å²) in [6.07, 6.45) is 10.0. The zero-order valence-electron chi connectivity index (χ0n) is 31.0. The number of carbonyl (C=O) groups excluding carboxylic acids is 5. The number of piperidine rings is 1. The van der Waals surface area contributed by atoms with Crippen LogP contribution in [0.25, 0.3) is 0 Å². The van der Waals surface area contributed by atoms with Crippen LogP contribution in [0.15, 0.2) is 23.0 Å². The quantitative estimate of drug-likeness (QED) is 0.146. The summed E-state index contributed by atoms with van der Waals surface area (Å²) in [5.41, 5.74) is -1.68. The maximum Gasteiger partial charge on any atom is 0.289 e. The standard InChI is InChI=1S/C37H57N5O7S2/c1-8-18-38-32(45)28(43)24(20-22-14-15-22)39-31(44)27-26-23(36(26,5)6)21-42(27)34(47)30(35(2,3)4)40-33(46)29(37(7)16-10-9-11-17-37)41-51(48,49)25-13-12-19-50-25/h8,13,22-24,26-27,29-30,41H,1,9-12,14-21H2,2-7H3,(H,38,45)(H,39,44)(H,40,46)/t23-,24?,26-,27-,29+,30+/m0/s1. The number of fused-ring (bicyclic) bond motifs is 1. The van der Waals surface area contributed by atoms with Crippen molar-refractivity contribution in [3.05, 3.63) is 23.0 Å². The summed E-state index contributed by atoms with van der Waals surface area (Å²) in [7, 11) is -3.96. The molecule has 12 nitrogen and oxygen atoms in total. The van der Waals surface area contributed by atoms with Crippen molar-refractivity contribution in [1.29, 1.82) is 0 Å². The summed E-state index contributed by atoms with van der Waals surface area (Å²) in [6.45, 7) is 15.6. The highest BCUT2D eigenvalue weighted by Gasteiger charge is 2.70. The normalized spacial score (nSPS) is 26.9. The molecule has 284 valence electrons. The molecule has 1 unspecified atom stereocenters. The maximum atomic E-state index is 14.7. The highest BCUT2D eigenvalue weighted by molar-refractivity contribution is 8.18. The molecular weight excluding hydrogens is 691 g/mol. The van der Waals surface area contributed by atoms with Gasteiger partial charge in [-0.15, -0.1) is 18.3 Å². The number of allylic oxidation sites excluding steroid dienone is 1. The minimum atomic E-state index is -3.96. The van der Waals surface area contributed by atoms with Crippen LogP contribution < -0.4 is 20.7 Å². The van der Waals surface area contributed by atoms with Crippen LogP contribution in [0.2, 0.25) is 0 Å². The summed E-state index contributed by atoms with van der Waals surface area (Å²) in [6, 6.07) is -4.10. The van der Waals surface area contributed by atoms with E-state index in [1.165, 1.54) is 22.7 Å². The first-order valence-corrected chi connectivity index (χ1v) is 21.0. The molecule has 5 aliphatic rings. The largest absolute Gasteiger partial charge is 0.346 e. The maximum absolute atomic E-state index is 14.7. The van der Waals surface area contributed by atoms with E-state index in [2.05, 4.69) is 41.1 Å². The van der Waals surface area contributed by atoms with Crippen molar-refractivity contribution in [2.45, 2.75) is 123 Å². The lowest BCUT2D eigenvalue weighted by Crippen LogP contribution is -2.64. The monoisotopic (exact) mass is 747 g/mol. The molecule has 14 heteroatoms. The molecule has 0 bridgehead atoms. The Bertz CT molecular complexity index is 1560. The second-order valence-electron chi connectivity index (χ2n) is 17.2. The molecule has 4 fully saturated rings. The zero-order valence-corrected chi connectivity index (χ0v) is 32.6. The van der Waals surface area contributed by atoms with Crippen molar-refractivity contribution in [2.75, 3.05) is 18.8 Å². The van der Waals surface area contributed by atoms with E-state index in [-0.39, 0.29) is 34.0 Å². The first-order chi connectivity index (χ1) is 23.8. The highest BCUT2D eigenvalue weighted by atomic mass is 32.3. The molecule has 0 aromatic heterocycles. The third-order valence-corrected chi connectivity index (χ3v) is 15.0. The molecule has 0 spiro atoms. The van der Waals surface area contributed by atoms with Gasteiger partial charge >= 0.3 is 0 Å². The van der Waals surface area contributed by atoms with E-state index >= 15 is 0 Å². The Morgan fingerprint density at radius 1 is 1.06 bits per heavy atom. The second kappa shape index (κ2) is 15.0. The number of sulfonamides is 1. The van der Waals surface area contributed by atoms with Crippen LogP contribution in [-0.4, -0.2) is 85.7 Å². The van der Waals surface area contributed by atoms with Crippen LogP contribution in [-0.2, 0) is 34.0 Å². The van der Waals surface area contributed by atoms with E-state index in [0.717, 1.165) is 32.1 Å². The van der Waals surface area contributed by atoms with Gasteiger partial charge in [0.05, 0.1) is 6.04 Å². The summed E-state index contributed by atoms with van der Waals surface area (Å²) in [4.78, 5) is 70.6. The third-order valence-electron chi connectivity index (χ3n) is 11.9. The Hall–Kier alpha value is -2.71. The molecule has 5 rings (SSSR count). The number of hydrogen-bond acceptors (Lipinski definition) is 8. The van der Waals surface area contributed by atoms with E-state index in [4.69, 9.17) is 0 Å². The fourth-order valence-corrected chi connectivity index (χ4v) is 11.2. The number of thioether (sulfide) groups is 1. The highest BCUT2D eigenvalue weighted by Crippen LogP contribution is 2.65.